The minimum absolute atomic E-state index is 0.0401. The summed E-state index contributed by atoms with van der Waals surface area (Å²) in [5.41, 5.74) is 13.3. The van der Waals surface area contributed by atoms with Crippen molar-refractivity contribution in [2.45, 2.75) is 67.9 Å². The van der Waals surface area contributed by atoms with Gasteiger partial charge in [-0.3, -0.25) is 0 Å². The molecule has 5 rings (SSSR count). The number of aromatic nitrogens is 1. The topological polar surface area (TPSA) is 48.7 Å². The molecule has 0 aliphatic carbocycles. The van der Waals surface area contributed by atoms with Gasteiger partial charge in [-0.25, -0.2) is 0 Å². The van der Waals surface area contributed by atoms with Gasteiger partial charge in [-0.1, -0.05) is 35.4 Å². The number of carbonyl (C=O) groups excluding carboxylic acids is 1. The molecule has 1 aromatic heterocycles. The second-order valence-corrected chi connectivity index (χ2v) is 21.4. The van der Waals surface area contributed by atoms with Gasteiger partial charge in [-0.05, 0) is 63.8 Å². The number of ether oxygens (including phenoxy) is 1. The Bertz CT molecular complexity index is 1910. The van der Waals surface area contributed by atoms with Crippen LogP contribution in [0.3, 0.4) is 0 Å². The Morgan fingerprint density at radius 1 is 0.836 bits per heavy atom. The van der Waals surface area contributed by atoms with E-state index in [9.17, 15) is 30.0 Å². The predicted octanol–water partition coefficient (Wildman–Crippen LogP) is 11.9. The number of hydrogen-bond acceptors (Lipinski definition) is 4. The zero-order valence-electron chi connectivity index (χ0n) is 32.2. The quantitative estimate of drug-likeness (QED) is 0.0629. The van der Waals surface area contributed by atoms with Gasteiger partial charge in [-0.2, -0.15) is 6.67 Å². The van der Waals surface area contributed by atoms with E-state index in [0.29, 0.717) is 17.9 Å². The van der Waals surface area contributed by atoms with E-state index in [0.717, 1.165) is 24.2 Å². The van der Waals surface area contributed by atoms with Gasteiger partial charge in [0.15, 0.2) is 0 Å². The Hall–Kier alpha value is -3.24. The van der Waals surface area contributed by atoms with Gasteiger partial charge in [0.25, 0.3) is 0 Å². The summed E-state index contributed by atoms with van der Waals surface area (Å²) in [5.74, 6) is 0.631. The molecule has 1 N–H and O–H groups in total. The summed E-state index contributed by atoms with van der Waals surface area (Å²) < 4.78 is 68.7. The summed E-state index contributed by atoms with van der Waals surface area (Å²) in [7, 11) is 3.29. The van der Waals surface area contributed by atoms with Crippen molar-refractivity contribution in [3.63, 3.8) is 0 Å². The molecule has 4 aromatic rings. The Kier molecular flexibility index (Phi) is 15.0. The van der Waals surface area contributed by atoms with Crippen LogP contribution in [0.5, 0.6) is 5.75 Å². The summed E-state index contributed by atoms with van der Waals surface area (Å²) in [4.78, 5) is 17.1. The van der Waals surface area contributed by atoms with Crippen molar-refractivity contribution < 1.29 is 52.8 Å². The number of amides is 1. The van der Waals surface area contributed by atoms with Crippen LogP contribution in [0.4, 0.5) is 42.2 Å². The normalized spacial score (nSPS) is 14.2. The Labute approximate surface area is 333 Å². The van der Waals surface area contributed by atoms with Gasteiger partial charge in [0.2, 0.25) is 0 Å². The Balaban J connectivity index is 0.000000253. The molecule has 0 spiro atoms. The van der Waals surface area contributed by atoms with Gasteiger partial charge in [0.05, 0.1) is 0 Å². The molecule has 2 heterocycles. The second-order valence-electron chi connectivity index (χ2n) is 13.8. The van der Waals surface area contributed by atoms with E-state index in [1.165, 1.54) is 44.8 Å². The van der Waals surface area contributed by atoms with Gasteiger partial charge in [-0.15, -0.1) is 0 Å². The van der Waals surface area contributed by atoms with Gasteiger partial charge < -0.3 is 9.80 Å². The van der Waals surface area contributed by atoms with Crippen LogP contribution < -0.4 is 24.4 Å². The monoisotopic (exact) mass is 921 g/mol. The first-order valence-electron chi connectivity index (χ1n) is 17.1. The zero-order valence-corrected chi connectivity index (χ0v) is 36.3. The van der Waals surface area contributed by atoms with E-state index in [4.69, 9.17) is 24.1 Å². The summed E-state index contributed by atoms with van der Waals surface area (Å²) in [6.45, 7) is 21.5. The number of carbonyl (C=O) groups is 1. The van der Waals surface area contributed by atoms with Crippen molar-refractivity contribution in [3.05, 3.63) is 118 Å². The number of pyridine rings is 1. The first kappa shape index (κ1) is 46.1. The van der Waals surface area contributed by atoms with Crippen molar-refractivity contribution in [1.82, 2.24) is 0 Å². The molecule has 3 aromatic carbocycles. The number of rotatable bonds is 8. The second kappa shape index (κ2) is 17.9. The molecule has 16 heteroatoms. The predicted molar refractivity (Wildman–Crippen MR) is 213 cm³/mol. The Morgan fingerprint density at radius 2 is 1.27 bits per heavy atom. The minimum atomic E-state index is -10.7. The molecule has 0 radical (unpaired) electrons. The van der Waals surface area contributed by atoms with E-state index < -0.39 is 21.3 Å². The molecule has 0 bridgehead atoms. The first-order chi connectivity index (χ1) is 25.1. The number of nitrogens with zero attached hydrogens (tertiary/aromatic N) is 3. The van der Waals surface area contributed by atoms with E-state index in [-0.39, 0.29) is 12.0 Å². The molecule has 306 valence electrons. The fraction of sp³-hybridized carbons (Fsp3) is 0.333. The Morgan fingerprint density at radius 3 is 1.67 bits per heavy atom. The zero-order chi connectivity index (χ0) is 41.5. The molecule has 1 amide bonds. The number of aryl methyl sites for hydroxylation is 7. The molecule has 1 aliphatic rings. The van der Waals surface area contributed by atoms with Gasteiger partial charge >= 0.3 is 195 Å². The van der Waals surface area contributed by atoms with E-state index in [1.54, 1.807) is 0 Å². The molecule has 1 fully saturated rings. The average Bonchev–Trinajstić information content (AvgIpc) is 3.46. The van der Waals surface area contributed by atoms with Crippen LogP contribution >= 0.6 is 27.2 Å². The third kappa shape index (κ3) is 16.8. The molecule has 1 saturated heterocycles. The number of halogens is 8. The van der Waals surface area contributed by atoms with Crippen LogP contribution in [0.15, 0.2) is 67.0 Å². The number of benzene rings is 3. The van der Waals surface area contributed by atoms with E-state index >= 15 is 0 Å². The molecule has 0 unspecified atom stereocenters. The maximum absolute atomic E-state index is 12.3. The number of anilines is 3. The van der Waals surface area contributed by atoms with Crippen LogP contribution in [0.2, 0.25) is 0 Å². The van der Waals surface area contributed by atoms with Gasteiger partial charge in [0, 0.05) is 24.5 Å². The number of hydrogen-bond donors (Lipinski definition) is 1. The van der Waals surface area contributed by atoms with Crippen LogP contribution in [-0.4, -0.2) is 29.7 Å². The number of nitrogens with one attached hydrogen (secondary N) is 1. The van der Waals surface area contributed by atoms with Crippen molar-refractivity contribution in [2.24, 2.45) is 7.05 Å². The van der Waals surface area contributed by atoms with Crippen LogP contribution in [0.25, 0.3) is 0 Å². The van der Waals surface area contributed by atoms with Crippen molar-refractivity contribution in [3.8, 4) is 5.75 Å². The molecule has 0 saturated carbocycles. The summed E-state index contributed by atoms with van der Waals surface area (Å²) in [6, 6.07) is 18.5. The van der Waals surface area contributed by atoms with Crippen molar-refractivity contribution in [2.75, 3.05) is 28.2 Å². The van der Waals surface area contributed by atoms with Gasteiger partial charge in [0.1, 0.15) is 0 Å². The maximum atomic E-state index is 12.3. The molecule has 0 atom stereocenters. The molecule has 1 aliphatic heterocycles. The van der Waals surface area contributed by atoms with E-state index in [2.05, 4.69) is 87.6 Å². The van der Waals surface area contributed by atoms with Crippen LogP contribution in [0, 0.1) is 48.2 Å². The fourth-order valence-electron chi connectivity index (χ4n) is 6.28. The molecular weight excluding hydrogens is 873 g/mol. The summed E-state index contributed by atoms with van der Waals surface area (Å²) >= 11 is -2.01. The van der Waals surface area contributed by atoms with Crippen LogP contribution in [0.1, 0.15) is 58.4 Å². The molecular formula is C39H48Cl2F6N4O2PRu-. The van der Waals surface area contributed by atoms with Crippen molar-refractivity contribution in [1.29, 1.82) is 0 Å². The van der Waals surface area contributed by atoms with Crippen LogP contribution in [-0.2, 0) is 31.8 Å². The third-order valence-corrected chi connectivity index (χ3v) is 9.79. The molecule has 6 nitrogen and oxygen atoms in total. The standard InChI is InChI=1S/C21H27N2.C18H20N2O2.2ClH.F6P.Ru/c1-14-9-16(3)20(17(4)10-14)22-7-8-23(13-22)21-18(5)11-15(2)12-19(21)6;1-13(2)22-17-6-5-16(11-14(17)3)19-18(21)12-15-7-9-20(4)10-8-15;;;1-7(2,3,4,5)6;/h9-13H,7-8H2,1-6H3;3,5-11,13H,12H2,1-2,4H3;2*1H;;/q-1;;;;-1;+2/p-1. The van der Waals surface area contributed by atoms with Crippen molar-refractivity contribution >= 4 is 54.8 Å². The fourth-order valence-corrected chi connectivity index (χ4v) is 8.06. The summed E-state index contributed by atoms with van der Waals surface area (Å²) in [5, 5.41) is 2.91. The first-order valence-corrected chi connectivity index (χ1v) is 24.6. The van der Waals surface area contributed by atoms with E-state index in [1.807, 2.05) is 72.8 Å². The average molecular weight is 922 g/mol. The summed E-state index contributed by atoms with van der Waals surface area (Å²) in [6.07, 6.45) is 4.18. The third-order valence-electron chi connectivity index (χ3n) is 7.96. The molecule has 55 heavy (non-hydrogen) atoms. The SMILES string of the molecule is CC(C)Oc1ccc(NC(=O)Cc2cc[n+](C)cc2)cc1[CH]=[Ru]([Cl])[Cl].Cc1cc(C)c(N2[CH-]N(c3c(C)cc(C)cc3C)CC2)c(C)c1.F[P-](F)(F)(F)(F)F.